The van der Waals surface area contributed by atoms with Crippen LogP contribution in [0.2, 0.25) is 0 Å². The lowest BCUT2D eigenvalue weighted by Crippen LogP contribution is -2.34. The summed E-state index contributed by atoms with van der Waals surface area (Å²) in [6.07, 6.45) is 2.36. The van der Waals surface area contributed by atoms with Crippen molar-refractivity contribution in [3.05, 3.63) is 35.9 Å². The van der Waals surface area contributed by atoms with E-state index in [0.717, 1.165) is 25.1 Å². The second kappa shape index (κ2) is 7.14. The van der Waals surface area contributed by atoms with Gasteiger partial charge in [-0.1, -0.05) is 30.3 Å². The van der Waals surface area contributed by atoms with Crippen molar-refractivity contribution in [2.45, 2.75) is 37.5 Å². The minimum atomic E-state index is -0.605. The number of hydrogen-bond acceptors (Lipinski definition) is 3. The predicted molar refractivity (Wildman–Crippen MR) is 83.7 cm³/mol. The van der Waals surface area contributed by atoms with Gasteiger partial charge in [-0.3, -0.25) is 4.79 Å². The second-order valence-electron chi connectivity index (χ2n) is 5.71. The van der Waals surface area contributed by atoms with Crippen LogP contribution in [0.1, 0.15) is 31.7 Å². The van der Waals surface area contributed by atoms with E-state index in [9.17, 15) is 9.90 Å². The molecule has 2 rings (SSSR count). The largest absolute Gasteiger partial charge is 0.390 e. The molecule has 0 radical (unpaired) electrons. The molecule has 3 nitrogen and oxygen atoms in total. The van der Waals surface area contributed by atoms with E-state index in [1.807, 2.05) is 30.0 Å². The summed E-state index contributed by atoms with van der Waals surface area (Å²) in [5, 5.41) is 10.0. The van der Waals surface area contributed by atoms with Crippen LogP contribution in [-0.2, 0) is 10.5 Å². The number of likely N-dealkylation sites (tertiary alicyclic amines) is 1. The molecule has 20 heavy (non-hydrogen) atoms. The summed E-state index contributed by atoms with van der Waals surface area (Å²) in [4.78, 5) is 14.1. The zero-order chi connectivity index (χ0) is 14.4. The van der Waals surface area contributed by atoms with Gasteiger partial charge in [0, 0.05) is 18.8 Å². The molecule has 0 spiro atoms. The third-order valence-electron chi connectivity index (χ3n) is 3.75. The molecular weight excluding hydrogens is 270 g/mol. The Morgan fingerprint density at radius 3 is 2.80 bits per heavy atom. The van der Waals surface area contributed by atoms with Crippen molar-refractivity contribution in [1.29, 1.82) is 0 Å². The van der Waals surface area contributed by atoms with Crippen molar-refractivity contribution < 1.29 is 9.90 Å². The van der Waals surface area contributed by atoms with Crippen molar-refractivity contribution in [2.75, 3.05) is 18.8 Å². The van der Waals surface area contributed by atoms with E-state index in [1.54, 1.807) is 11.8 Å². The lowest BCUT2D eigenvalue weighted by Gasteiger charge is -2.22. The van der Waals surface area contributed by atoms with Crippen LogP contribution in [0.15, 0.2) is 30.3 Å². The Balaban J connectivity index is 1.74. The molecule has 1 atom stereocenters. The first-order valence-electron chi connectivity index (χ1n) is 7.19. The minimum absolute atomic E-state index is 0.198. The van der Waals surface area contributed by atoms with Gasteiger partial charge in [-0.2, -0.15) is 0 Å². The maximum Gasteiger partial charge on any atom is 0.232 e. The number of carbonyl (C=O) groups is 1. The van der Waals surface area contributed by atoms with Gasteiger partial charge >= 0.3 is 0 Å². The Morgan fingerprint density at radius 2 is 2.05 bits per heavy atom. The summed E-state index contributed by atoms with van der Waals surface area (Å²) in [5.74, 6) is 1.60. The van der Waals surface area contributed by atoms with E-state index in [0.29, 0.717) is 18.7 Å². The molecular formula is C16H23NO2S. The molecule has 1 aliphatic rings. The normalized spacial score (nSPS) is 23.4. The molecule has 1 aliphatic heterocycles. The van der Waals surface area contributed by atoms with Gasteiger partial charge in [0.15, 0.2) is 0 Å². The number of carbonyl (C=O) groups excluding carboxylic acids is 1. The molecule has 0 aliphatic carbocycles. The minimum Gasteiger partial charge on any atom is -0.390 e. The first kappa shape index (κ1) is 15.4. The summed E-state index contributed by atoms with van der Waals surface area (Å²) in [6.45, 7) is 3.32. The summed E-state index contributed by atoms with van der Waals surface area (Å²) < 4.78 is 0. The number of hydrogen-bond donors (Lipinski definition) is 1. The Labute approximate surface area is 125 Å². The van der Waals surface area contributed by atoms with E-state index in [4.69, 9.17) is 0 Å². The van der Waals surface area contributed by atoms with E-state index < -0.39 is 5.60 Å². The van der Waals surface area contributed by atoms with Gasteiger partial charge in [0.05, 0.1) is 11.4 Å². The van der Waals surface area contributed by atoms with Gasteiger partial charge in [0.2, 0.25) is 5.91 Å². The summed E-state index contributed by atoms with van der Waals surface area (Å²) in [7, 11) is 0. The third kappa shape index (κ3) is 4.84. The van der Waals surface area contributed by atoms with Crippen LogP contribution in [0.5, 0.6) is 0 Å². The first-order valence-corrected chi connectivity index (χ1v) is 8.34. The smallest absolute Gasteiger partial charge is 0.232 e. The molecule has 1 fully saturated rings. The van der Waals surface area contributed by atoms with Crippen molar-refractivity contribution in [2.24, 2.45) is 0 Å². The van der Waals surface area contributed by atoms with Gasteiger partial charge in [-0.15, -0.1) is 11.8 Å². The fraction of sp³-hybridized carbons (Fsp3) is 0.562. The van der Waals surface area contributed by atoms with Gasteiger partial charge in [0.1, 0.15) is 0 Å². The van der Waals surface area contributed by atoms with Crippen LogP contribution in [0.4, 0.5) is 0 Å². The molecule has 1 amide bonds. The number of amides is 1. The first-order chi connectivity index (χ1) is 9.57. The average Bonchev–Trinajstić information content (AvgIpc) is 2.61. The monoisotopic (exact) mass is 293 g/mol. The SMILES string of the molecule is CC1(O)CCCN(C(=O)CSCc2ccccc2)CC1. The van der Waals surface area contributed by atoms with Gasteiger partial charge in [0.25, 0.3) is 0 Å². The lowest BCUT2D eigenvalue weighted by molar-refractivity contribution is -0.128. The molecule has 1 aromatic carbocycles. The Hall–Kier alpha value is -1.00. The number of nitrogens with zero attached hydrogens (tertiary/aromatic N) is 1. The van der Waals surface area contributed by atoms with E-state index in [-0.39, 0.29) is 5.91 Å². The van der Waals surface area contributed by atoms with Crippen molar-refractivity contribution in [1.82, 2.24) is 4.90 Å². The van der Waals surface area contributed by atoms with Crippen LogP contribution in [0.3, 0.4) is 0 Å². The number of aliphatic hydroxyl groups is 1. The lowest BCUT2D eigenvalue weighted by atomic mass is 9.98. The Morgan fingerprint density at radius 1 is 1.30 bits per heavy atom. The van der Waals surface area contributed by atoms with E-state index >= 15 is 0 Å². The Bertz CT molecular complexity index is 433. The van der Waals surface area contributed by atoms with E-state index in [2.05, 4.69) is 12.1 Å². The predicted octanol–water partition coefficient (Wildman–Crippen LogP) is 2.68. The van der Waals surface area contributed by atoms with Crippen LogP contribution in [0, 0.1) is 0 Å². The molecule has 1 unspecified atom stereocenters. The van der Waals surface area contributed by atoms with Crippen LogP contribution in [-0.4, -0.2) is 40.4 Å². The van der Waals surface area contributed by atoms with Gasteiger partial charge in [-0.25, -0.2) is 0 Å². The van der Waals surface area contributed by atoms with Crippen molar-refractivity contribution in [3.63, 3.8) is 0 Å². The Kier molecular flexibility index (Phi) is 5.49. The fourth-order valence-electron chi connectivity index (χ4n) is 2.43. The average molecular weight is 293 g/mol. The number of rotatable bonds is 4. The molecule has 0 aromatic heterocycles. The summed E-state index contributed by atoms with van der Waals surface area (Å²) in [6, 6.07) is 10.2. The van der Waals surface area contributed by atoms with Gasteiger partial charge < -0.3 is 10.0 Å². The zero-order valence-corrected chi connectivity index (χ0v) is 12.9. The van der Waals surface area contributed by atoms with Crippen LogP contribution >= 0.6 is 11.8 Å². The topological polar surface area (TPSA) is 40.5 Å². The molecule has 1 N–H and O–H groups in total. The quantitative estimate of drug-likeness (QED) is 0.928. The molecule has 1 aromatic rings. The van der Waals surface area contributed by atoms with Gasteiger partial charge in [-0.05, 0) is 31.7 Å². The fourth-order valence-corrected chi connectivity index (χ4v) is 3.32. The van der Waals surface area contributed by atoms with Crippen LogP contribution in [0.25, 0.3) is 0 Å². The zero-order valence-electron chi connectivity index (χ0n) is 12.0. The highest BCUT2D eigenvalue weighted by Gasteiger charge is 2.26. The highest BCUT2D eigenvalue weighted by atomic mass is 32.2. The van der Waals surface area contributed by atoms with E-state index in [1.165, 1.54) is 5.56 Å². The third-order valence-corrected chi connectivity index (χ3v) is 4.74. The highest BCUT2D eigenvalue weighted by molar-refractivity contribution is 7.99. The van der Waals surface area contributed by atoms with Crippen molar-refractivity contribution >= 4 is 17.7 Å². The molecule has 0 saturated carbocycles. The molecule has 110 valence electrons. The van der Waals surface area contributed by atoms with Crippen LogP contribution < -0.4 is 0 Å². The highest BCUT2D eigenvalue weighted by Crippen LogP contribution is 2.22. The maximum absolute atomic E-state index is 12.2. The summed E-state index contributed by atoms with van der Waals surface area (Å²) >= 11 is 1.66. The molecule has 1 saturated heterocycles. The maximum atomic E-state index is 12.2. The number of benzene rings is 1. The molecule has 0 bridgehead atoms. The second-order valence-corrected chi connectivity index (χ2v) is 6.70. The number of thioether (sulfide) groups is 1. The van der Waals surface area contributed by atoms with Crippen molar-refractivity contribution in [3.8, 4) is 0 Å². The molecule has 4 heteroatoms. The standard InChI is InChI=1S/C16H23NO2S/c1-16(19)8-5-10-17(11-9-16)15(18)13-20-12-14-6-3-2-4-7-14/h2-4,6-7,19H,5,8-13H2,1H3. The summed E-state index contributed by atoms with van der Waals surface area (Å²) in [5.41, 5.74) is 0.649. The molecule has 1 heterocycles.